The molecule has 0 aromatic carbocycles. The number of aliphatic imine (C=N–C) groups is 1. The molecule has 65 valence electrons. The molecule has 0 aromatic heterocycles. The van der Waals surface area contributed by atoms with E-state index in [0.29, 0.717) is 0 Å². The largest absolute Gasteiger partial charge is 0.466 e. The van der Waals surface area contributed by atoms with Crippen LogP contribution >= 0.6 is 11.8 Å². The van der Waals surface area contributed by atoms with Crippen LogP contribution in [0, 0.1) is 12.1 Å². The van der Waals surface area contributed by atoms with Crippen LogP contribution in [0.4, 0.5) is 0 Å². The van der Waals surface area contributed by atoms with Gasteiger partial charge in [-0.2, -0.15) is 6.72 Å². The summed E-state index contributed by atoms with van der Waals surface area (Å²) in [5.74, 6) is 1.86. The minimum absolute atomic E-state index is 0. The van der Waals surface area contributed by atoms with Crippen molar-refractivity contribution in [3.8, 4) is 0 Å². The molecule has 0 spiro atoms. The van der Waals surface area contributed by atoms with Gasteiger partial charge in [0, 0.05) is 20.4 Å². The summed E-state index contributed by atoms with van der Waals surface area (Å²) in [6.07, 6.45) is 2.79. The molecule has 0 amide bonds. The predicted molar refractivity (Wildman–Crippen MR) is 49.3 cm³/mol. The molecule has 0 aliphatic rings. The van der Waals surface area contributed by atoms with Crippen molar-refractivity contribution in [3.63, 3.8) is 0 Å². The van der Waals surface area contributed by atoms with Gasteiger partial charge in [0.2, 0.25) is 0 Å². The zero-order valence-corrected chi connectivity index (χ0v) is 10.8. The van der Waals surface area contributed by atoms with E-state index >= 15 is 0 Å². The summed E-state index contributed by atoms with van der Waals surface area (Å²) in [5, 5.41) is 0. The molecule has 0 saturated heterocycles. The zero-order chi connectivity index (χ0) is 7.98. The summed E-state index contributed by atoms with van der Waals surface area (Å²) in [6.45, 7) is 9.73. The molecule has 1 nitrogen and oxygen atoms in total. The number of rotatable bonds is 4. The molecule has 3 heteroatoms. The Morgan fingerprint density at radius 1 is 1.64 bits per heavy atom. The first-order chi connectivity index (χ1) is 4.66. The second-order valence-electron chi connectivity index (χ2n) is 2.53. The van der Waals surface area contributed by atoms with Crippen LogP contribution in [0.3, 0.4) is 0 Å². The van der Waals surface area contributed by atoms with Crippen LogP contribution in [-0.4, -0.2) is 12.5 Å². The molecular formula is C8H14NReS-. The van der Waals surface area contributed by atoms with Crippen molar-refractivity contribution in [2.75, 3.05) is 5.75 Å². The summed E-state index contributed by atoms with van der Waals surface area (Å²) in [6, 6.07) is 0. The van der Waals surface area contributed by atoms with Gasteiger partial charge in [-0.05, 0) is 11.7 Å². The van der Waals surface area contributed by atoms with E-state index in [2.05, 4.69) is 31.8 Å². The third-order valence-corrected chi connectivity index (χ3v) is 2.23. The predicted octanol–water partition coefficient (Wildman–Crippen LogP) is 2.74. The SMILES string of the molecule is C=N[C-]=C(C)SCC(C)C.[Re]. The zero-order valence-electron chi connectivity index (χ0n) is 7.22. The van der Waals surface area contributed by atoms with Gasteiger partial charge >= 0.3 is 0 Å². The van der Waals surface area contributed by atoms with E-state index in [1.807, 2.05) is 6.92 Å². The number of allylic oxidation sites excluding steroid dienone is 1. The Morgan fingerprint density at radius 2 is 2.18 bits per heavy atom. The van der Waals surface area contributed by atoms with E-state index in [1.54, 1.807) is 11.8 Å². The maximum Gasteiger partial charge on any atom is 0 e. The van der Waals surface area contributed by atoms with Crippen LogP contribution in [0.1, 0.15) is 20.8 Å². The number of hydrogen-bond acceptors (Lipinski definition) is 2. The van der Waals surface area contributed by atoms with Crippen LogP contribution in [0.5, 0.6) is 0 Å². The van der Waals surface area contributed by atoms with E-state index < -0.39 is 0 Å². The van der Waals surface area contributed by atoms with Crippen molar-refractivity contribution in [2.24, 2.45) is 10.9 Å². The van der Waals surface area contributed by atoms with E-state index in [-0.39, 0.29) is 20.4 Å². The number of hydrogen-bond donors (Lipinski definition) is 0. The average molecular weight is 342 g/mol. The van der Waals surface area contributed by atoms with Crippen molar-refractivity contribution < 1.29 is 20.4 Å². The maximum atomic E-state index is 3.56. The van der Waals surface area contributed by atoms with E-state index in [0.717, 1.165) is 16.6 Å². The summed E-state index contributed by atoms with van der Waals surface area (Å²) in [4.78, 5) is 4.67. The second kappa shape index (κ2) is 8.52. The van der Waals surface area contributed by atoms with Crippen molar-refractivity contribution in [2.45, 2.75) is 20.8 Å². The molecule has 1 radical (unpaired) electrons. The van der Waals surface area contributed by atoms with Crippen LogP contribution < -0.4 is 0 Å². The molecule has 0 aliphatic carbocycles. The van der Waals surface area contributed by atoms with Gasteiger partial charge in [-0.15, -0.1) is 18.0 Å². The van der Waals surface area contributed by atoms with Crippen LogP contribution in [0.25, 0.3) is 0 Å². The molecule has 11 heavy (non-hydrogen) atoms. The van der Waals surface area contributed by atoms with E-state index in [4.69, 9.17) is 0 Å². The maximum absolute atomic E-state index is 3.56. The molecule has 0 aromatic rings. The van der Waals surface area contributed by atoms with Gasteiger partial charge in [0.1, 0.15) is 0 Å². The first kappa shape index (κ1) is 14.0. The molecule has 0 fully saturated rings. The Bertz CT molecular complexity index is 132. The van der Waals surface area contributed by atoms with Gasteiger partial charge in [-0.1, -0.05) is 25.7 Å². The number of thioether (sulfide) groups is 1. The van der Waals surface area contributed by atoms with Crippen LogP contribution in [-0.2, 0) is 20.4 Å². The average Bonchev–Trinajstić information content (AvgIpc) is 1.85. The van der Waals surface area contributed by atoms with Gasteiger partial charge < -0.3 is 4.99 Å². The fraction of sp³-hybridized carbons (Fsp3) is 0.625. The Hall–Kier alpha value is 0.422. The standard InChI is InChI=1S/C8H14NS.Re/c1-7(2)6-10-8(3)5-9-4;/h7H,4,6H2,1-3H3;/q-1;. The van der Waals surface area contributed by atoms with E-state index in [1.165, 1.54) is 0 Å². The second-order valence-corrected chi connectivity index (χ2v) is 3.77. The van der Waals surface area contributed by atoms with Gasteiger partial charge in [-0.3, -0.25) is 0 Å². The smallest absolute Gasteiger partial charge is 0 e. The topological polar surface area (TPSA) is 12.4 Å². The monoisotopic (exact) mass is 343 g/mol. The molecule has 0 saturated carbocycles. The van der Waals surface area contributed by atoms with Crippen molar-refractivity contribution >= 4 is 18.5 Å². The minimum Gasteiger partial charge on any atom is -0.466 e. The van der Waals surface area contributed by atoms with Gasteiger partial charge in [-0.25, -0.2) is 0 Å². The van der Waals surface area contributed by atoms with Crippen LogP contribution in [0.15, 0.2) is 9.90 Å². The molecule has 0 unspecified atom stereocenters. The minimum atomic E-state index is 0. The fourth-order valence-electron chi connectivity index (χ4n) is 0.435. The third-order valence-electron chi connectivity index (χ3n) is 0.870. The summed E-state index contributed by atoms with van der Waals surface area (Å²) >= 11 is 1.78. The van der Waals surface area contributed by atoms with Gasteiger partial charge in [0.05, 0.1) is 0 Å². The van der Waals surface area contributed by atoms with Gasteiger partial charge in [0.25, 0.3) is 0 Å². The Labute approximate surface area is 87.4 Å². The quantitative estimate of drug-likeness (QED) is 0.565. The van der Waals surface area contributed by atoms with E-state index in [9.17, 15) is 0 Å². The molecule has 0 atom stereocenters. The Morgan fingerprint density at radius 3 is 2.55 bits per heavy atom. The van der Waals surface area contributed by atoms with Gasteiger partial charge in [0.15, 0.2) is 0 Å². The summed E-state index contributed by atoms with van der Waals surface area (Å²) < 4.78 is 0. The molecule has 0 heterocycles. The first-order valence-electron chi connectivity index (χ1n) is 3.35. The summed E-state index contributed by atoms with van der Waals surface area (Å²) in [5.41, 5.74) is 0. The normalized spacial score (nSPS) is 11.1. The Kier molecular flexibility index (Phi) is 10.8. The van der Waals surface area contributed by atoms with Crippen molar-refractivity contribution in [1.82, 2.24) is 0 Å². The number of nitrogens with zero attached hydrogens (tertiary/aromatic N) is 1. The summed E-state index contributed by atoms with van der Waals surface area (Å²) in [7, 11) is 0. The first-order valence-corrected chi connectivity index (χ1v) is 4.33. The third kappa shape index (κ3) is 10.4. The molecule has 0 aliphatic heterocycles. The van der Waals surface area contributed by atoms with Crippen molar-refractivity contribution in [3.05, 3.63) is 11.1 Å². The van der Waals surface area contributed by atoms with Crippen molar-refractivity contribution in [1.29, 1.82) is 0 Å². The Balaban J connectivity index is 0. The molecule has 0 N–H and O–H groups in total. The fourth-order valence-corrected chi connectivity index (χ4v) is 1.15. The molecular weight excluding hydrogens is 328 g/mol. The van der Waals surface area contributed by atoms with Crippen LogP contribution in [0.2, 0.25) is 0 Å². The molecule has 0 rings (SSSR count). The molecule has 0 bridgehead atoms.